The summed E-state index contributed by atoms with van der Waals surface area (Å²) in [6.45, 7) is 0.348. The molecule has 2 amide bonds. The Kier molecular flexibility index (Phi) is 5.09. The molecule has 4 rings (SSSR count). The Morgan fingerprint density at radius 3 is 2.61 bits per heavy atom. The predicted octanol–water partition coefficient (Wildman–Crippen LogP) is 2.38. The summed E-state index contributed by atoms with van der Waals surface area (Å²) in [5.41, 5.74) is 1.78. The van der Waals surface area contributed by atoms with Crippen LogP contribution in [0, 0.1) is 0 Å². The maximum atomic E-state index is 13.2. The average Bonchev–Trinajstić information content (AvgIpc) is 3.43. The summed E-state index contributed by atoms with van der Waals surface area (Å²) in [5.74, 6) is 0.509. The SMILES string of the molecule is COc1ccc(C2C(C(=O)N(C)Cc3ccoc3)OCC(=O)N2C2CC2)cc1. The summed E-state index contributed by atoms with van der Waals surface area (Å²) in [5, 5.41) is 0. The van der Waals surface area contributed by atoms with Crippen molar-refractivity contribution in [3.05, 3.63) is 54.0 Å². The maximum absolute atomic E-state index is 13.2. The Labute approximate surface area is 163 Å². The van der Waals surface area contributed by atoms with Gasteiger partial charge in [-0.2, -0.15) is 0 Å². The molecule has 0 spiro atoms. The van der Waals surface area contributed by atoms with Gasteiger partial charge in [-0.05, 0) is 36.6 Å². The predicted molar refractivity (Wildman–Crippen MR) is 101 cm³/mol. The summed E-state index contributed by atoms with van der Waals surface area (Å²) >= 11 is 0. The van der Waals surface area contributed by atoms with Gasteiger partial charge >= 0.3 is 0 Å². The molecule has 2 fully saturated rings. The summed E-state index contributed by atoms with van der Waals surface area (Å²) in [7, 11) is 3.34. The van der Waals surface area contributed by atoms with Gasteiger partial charge in [-0.25, -0.2) is 0 Å². The Bertz CT molecular complexity index is 829. The van der Waals surface area contributed by atoms with Gasteiger partial charge in [0.1, 0.15) is 12.4 Å². The van der Waals surface area contributed by atoms with Crippen molar-refractivity contribution in [2.24, 2.45) is 0 Å². The fraction of sp³-hybridized carbons (Fsp3) is 0.429. The second-order valence-corrected chi connectivity index (χ2v) is 7.31. The summed E-state index contributed by atoms with van der Waals surface area (Å²) in [6.07, 6.45) is 4.38. The van der Waals surface area contributed by atoms with Gasteiger partial charge in [0.05, 0.1) is 25.7 Å². The molecule has 1 saturated carbocycles. The van der Waals surface area contributed by atoms with Gasteiger partial charge in [0.2, 0.25) is 5.91 Å². The normalized spacial score (nSPS) is 22.2. The molecular weight excluding hydrogens is 360 g/mol. The number of likely N-dealkylation sites (N-methyl/N-ethyl adjacent to an activating group) is 1. The molecule has 7 nitrogen and oxygen atoms in total. The number of hydrogen-bond acceptors (Lipinski definition) is 5. The van der Waals surface area contributed by atoms with Gasteiger partial charge in [-0.3, -0.25) is 9.59 Å². The molecular formula is C21H24N2O5. The van der Waals surface area contributed by atoms with Crippen LogP contribution in [0.25, 0.3) is 0 Å². The second-order valence-electron chi connectivity index (χ2n) is 7.31. The van der Waals surface area contributed by atoms with Crippen LogP contribution in [0.15, 0.2) is 47.3 Å². The molecule has 1 saturated heterocycles. The van der Waals surface area contributed by atoms with E-state index in [-0.39, 0.29) is 24.5 Å². The number of carbonyl (C=O) groups is 2. The lowest BCUT2D eigenvalue weighted by Gasteiger charge is -2.42. The van der Waals surface area contributed by atoms with Crippen molar-refractivity contribution in [2.75, 3.05) is 20.8 Å². The van der Waals surface area contributed by atoms with E-state index in [1.165, 1.54) is 0 Å². The van der Waals surface area contributed by atoms with Crippen LogP contribution >= 0.6 is 0 Å². The van der Waals surface area contributed by atoms with E-state index in [4.69, 9.17) is 13.9 Å². The van der Waals surface area contributed by atoms with Crippen LogP contribution in [-0.4, -0.2) is 54.5 Å². The first-order valence-corrected chi connectivity index (χ1v) is 9.41. The number of rotatable bonds is 6. The molecule has 2 unspecified atom stereocenters. The van der Waals surface area contributed by atoms with Crippen LogP contribution in [0.4, 0.5) is 0 Å². The fourth-order valence-corrected chi connectivity index (χ4v) is 3.71. The van der Waals surface area contributed by atoms with E-state index in [1.807, 2.05) is 35.2 Å². The van der Waals surface area contributed by atoms with Gasteiger partial charge < -0.3 is 23.7 Å². The Hall–Kier alpha value is -2.80. The number of nitrogens with zero attached hydrogens (tertiary/aromatic N) is 2. The molecule has 1 aliphatic heterocycles. The summed E-state index contributed by atoms with van der Waals surface area (Å²) in [6, 6.07) is 9.05. The molecule has 2 aromatic rings. The van der Waals surface area contributed by atoms with Crippen molar-refractivity contribution in [3.8, 4) is 5.75 Å². The first-order valence-electron chi connectivity index (χ1n) is 9.41. The molecule has 28 heavy (non-hydrogen) atoms. The van der Waals surface area contributed by atoms with Crippen molar-refractivity contribution in [3.63, 3.8) is 0 Å². The lowest BCUT2D eigenvalue weighted by atomic mass is 9.96. The van der Waals surface area contributed by atoms with Gasteiger partial charge in [0, 0.05) is 25.2 Å². The first kappa shape index (κ1) is 18.6. The maximum Gasteiger partial charge on any atom is 0.254 e. The highest BCUT2D eigenvalue weighted by atomic mass is 16.5. The molecule has 2 heterocycles. The average molecular weight is 384 g/mol. The van der Waals surface area contributed by atoms with Crippen molar-refractivity contribution in [1.82, 2.24) is 9.80 Å². The molecule has 1 aromatic heterocycles. The standard InChI is InChI=1S/C21H24N2O5/c1-22(11-14-9-10-27-12-14)21(25)20-19(15-3-7-17(26-2)8-4-15)23(16-5-6-16)18(24)13-28-20/h3-4,7-10,12,16,19-20H,5-6,11,13H2,1-2H3. The van der Waals surface area contributed by atoms with Crippen LogP contribution < -0.4 is 4.74 Å². The third kappa shape index (κ3) is 3.62. The monoisotopic (exact) mass is 384 g/mol. The first-order chi connectivity index (χ1) is 13.6. The number of ether oxygens (including phenoxy) is 2. The minimum atomic E-state index is -0.747. The van der Waals surface area contributed by atoms with Crippen LogP contribution in [0.3, 0.4) is 0 Å². The molecule has 1 aliphatic carbocycles. The van der Waals surface area contributed by atoms with Crippen LogP contribution in [0.5, 0.6) is 5.75 Å². The summed E-state index contributed by atoms with van der Waals surface area (Å²) in [4.78, 5) is 29.3. The van der Waals surface area contributed by atoms with Crippen LogP contribution in [0.2, 0.25) is 0 Å². The molecule has 148 valence electrons. The zero-order valence-electron chi connectivity index (χ0n) is 16.0. The number of hydrogen-bond donors (Lipinski definition) is 0. The highest BCUT2D eigenvalue weighted by Gasteiger charge is 2.48. The highest BCUT2D eigenvalue weighted by Crippen LogP contribution is 2.40. The number of benzene rings is 1. The Morgan fingerprint density at radius 2 is 2.00 bits per heavy atom. The van der Waals surface area contributed by atoms with E-state index in [1.54, 1.807) is 31.6 Å². The number of amides is 2. The minimum absolute atomic E-state index is 0.0649. The Morgan fingerprint density at radius 1 is 1.25 bits per heavy atom. The molecule has 2 aliphatic rings. The second kappa shape index (κ2) is 7.67. The minimum Gasteiger partial charge on any atom is -0.497 e. The number of morpholine rings is 1. The van der Waals surface area contributed by atoms with E-state index >= 15 is 0 Å². The van der Waals surface area contributed by atoms with Gasteiger partial charge in [0.15, 0.2) is 6.10 Å². The van der Waals surface area contributed by atoms with E-state index in [9.17, 15) is 9.59 Å². The lowest BCUT2D eigenvalue weighted by Crippen LogP contribution is -2.55. The molecule has 1 aromatic carbocycles. The smallest absolute Gasteiger partial charge is 0.254 e. The zero-order valence-corrected chi connectivity index (χ0v) is 16.0. The van der Waals surface area contributed by atoms with Crippen LogP contribution in [0.1, 0.15) is 30.0 Å². The molecule has 7 heteroatoms. The zero-order chi connectivity index (χ0) is 19.7. The third-order valence-corrected chi connectivity index (χ3v) is 5.28. The van der Waals surface area contributed by atoms with E-state index in [0.29, 0.717) is 6.54 Å². The van der Waals surface area contributed by atoms with E-state index < -0.39 is 12.1 Å². The van der Waals surface area contributed by atoms with E-state index in [0.717, 1.165) is 29.7 Å². The quantitative estimate of drug-likeness (QED) is 0.765. The van der Waals surface area contributed by atoms with Crippen molar-refractivity contribution >= 4 is 11.8 Å². The molecule has 0 radical (unpaired) electrons. The van der Waals surface area contributed by atoms with Crippen LogP contribution in [-0.2, 0) is 20.9 Å². The van der Waals surface area contributed by atoms with Gasteiger partial charge in [0.25, 0.3) is 5.91 Å². The lowest BCUT2D eigenvalue weighted by molar-refractivity contribution is -0.170. The fourth-order valence-electron chi connectivity index (χ4n) is 3.71. The van der Waals surface area contributed by atoms with Crippen molar-refractivity contribution in [1.29, 1.82) is 0 Å². The van der Waals surface area contributed by atoms with E-state index in [2.05, 4.69) is 0 Å². The van der Waals surface area contributed by atoms with Crippen molar-refractivity contribution in [2.45, 2.75) is 37.6 Å². The number of carbonyl (C=O) groups excluding carboxylic acids is 2. The topological polar surface area (TPSA) is 72.2 Å². The largest absolute Gasteiger partial charge is 0.497 e. The third-order valence-electron chi connectivity index (χ3n) is 5.28. The van der Waals surface area contributed by atoms with Gasteiger partial charge in [-0.1, -0.05) is 12.1 Å². The molecule has 0 bridgehead atoms. The molecule has 2 atom stereocenters. The highest BCUT2D eigenvalue weighted by molar-refractivity contribution is 5.86. The number of methoxy groups -OCH3 is 1. The summed E-state index contributed by atoms with van der Waals surface area (Å²) < 4.78 is 16.1. The Balaban J connectivity index is 1.62. The molecule has 0 N–H and O–H groups in total. The van der Waals surface area contributed by atoms with Gasteiger partial charge in [-0.15, -0.1) is 0 Å². The van der Waals surface area contributed by atoms with Crippen molar-refractivity contribution < 1.29 is 23.5 Å². The number of furan rings is 1.